The molecule has 0 unspecified atom stereocenters. The summed E-state index contributed by atoms with van der Waals surface area (Å²) in [5, 5.41) is 0. The van der Waals surface area contributed by atoms with Gasteiger partial charge in [-0.3, -0.25) is 4.79 Å². The molecule has 0 N–H and O–H groups in total. The molecule has 0 amide bonds. The SMILES string of the molecule is C/C=C(\C)c1ccccc1C(=O)C(C)(C)C. The molecule has 0 fully saturated rings. The lowest BCUT2D eigenvalue weighted by Gasteiger charge is -2.19. The quantitative estimate of drug-likeness (QED) is 0.672. The van der Waals surface area contributed by atoms with Gasteiger partial charge in [-0.2, -0.15) is 0 Å². The largest absolute Gasteiger partial charge is 0.294 e. The molecule has 0 bridgehead atoms. The predicted octanol–water partition coefficient (Wildman–Crippen LogP) is 4.34. The lowest BCUT2D eigenvalue weighted by Crippen LogP contribution is -2.21. The van der Waals surface area contributed by atoms with E-state index < -0.39 is 0 Å². The molecule has 0 aliphatic carbocycles. The summed E-state index contributed by atoms with van der Waals surface area (Å²) < 4.78 is 0. The van der Waals surface area contributed by atoms with Crippen molar-refractivity contribution in [3.63, 3.8) is 0 Å². The molecule has 0 radical (unpaired) electrons. The van der Waals surface area contributed by atoms with Crippen LogP contribution in [0.2, 0.25) is 0 Å². The fraction of sp³-hybridized carbons (Fsp3) is 0.400. The maximum Gasteiger partial charge on any atom is 0.168 e. The lowest BCUT2D eigenvalue weighted by atomic mass is 9.83. The van der Waals surface area contributed by atoms with Crippen molar-refractivity contribution in [3.8, 4) is 0 Å². The highest BCUT2D eigenvalue weighted by molar-refractivity contribution is 6.03. The topological polar surface area (TPSA) is 17.1 Å². The van der Waals surface area contributed by atoms with Gasteiger partial charge in [0.2, 0.25) is 0 Å². The normalized spacial score (nSPS) is 12.7. The molecular weight excluding hydrogens is 196 g/mol. The van der Waals surface area contributed by atoms with Crippen molar-refractivity contribution in [2.45, 2.75) is 34.6 Å². The Morgan fingerprint density at radius 2 is 1.62 bits per heavy atom. The van der Waals surface area contributed by atoms with E-state index in [-0.39, 0.29) is 11.2 Å². The maximum absolute atomic E-state index is 12.3. The van der Waals surface area contributed by atoms with Gasteiger partial charge in [0.1, 0.15) is 0 Å². The van der Waals surface area contributed by atoms with Crippen molar-refractivity contribution >= 4 is 11.4 Å². The van der Waals surface area contributed by atoms with Gasteiger partial charge in [-0.1, -0.05) is 51.1 Å². The Morgan fingerprint density at radius 1 is 1.12 bits per heavy atom. The summed E-state index contributed by atoms with van der Waals surface area (Å²) in [5.41, 5.74) is 2.69. The molecule has 1 aromatic carbocycles. The fourth-order valence-electron chi connectivity index (χ4n) is 1.58. The molecule has 0 aliphatic heterocycles. The number of allylic oxidation sites excluding steroid dienone is 2. The molecule has 0 saturated heterocycles. The molecule has 0 aromatic heterocycles. The average Bonchev–Trinajstić information content (AvgIpc) is 2.25. The summed E-state index contributed by atoms with van der Waals surface area (Å²) in [6.45, 7) is 9.90. The van der Waals surface area contributed by atoms with Crippen molar-refractivity contribution in [3.05, 3.63) is 41.5 Å². The number of rotatable bonds is 2. The third-order valence-electron chi connectivity index (χ3n) is 2.71. The summed E-state index contributed by atoms with van der Waals surface area (Å²) in [6.07, 6.45) is 2.04. The first-order chi connectivity index (χ1) is 7.38. The third-order valence-corrected chi connectivity index (χ3v) is 2.71. The number of benzene rings is 1. The Morgan fingerprint density at radius 3 is 2.06 bits per heavy atom. The summed E-state index contributed by atoms with van der Waals surface area (Å²) in [6, 6.07) is 7.82. The Labute approximate surface area is 98.2 Å². The second kappa shape index (κ2) is 4.65. The molecule has 1 aromatic rings. The Kier molecular flexibility index (Phi) is 3.69. The first kappa shape index (κ1) is 12.7. The van der Waals surface area contributed by atoms with E-state index in [4.69, 9.17) is 0 Å². The zero-order valence-electron chi connectivity index (χ0n) is 10.8. The van der Waals surface area contributed by atoms with E-state index >= 15 is 0 Å². The minimum absolute atomic E-state index is 0.198. The van der Waals surface area contributed by atoms with Crippen LogP contribution in [0.3, 0.4) is 0 Å². The number of carbonyl (C=O) groups excluding carboxylic acids is 1. The van der Waals surface area contributed by atoms with Crippen LogP contribution >= 0.6 is 0 Å². The third kappa shape index (κ3) is 2.60. The standard InChI is InChI=1S/C15H20O/c1-6-11(2)12-9-7-8-10-13(12)14(16)15(3,4)5/h6-10H,1-5H3/b11-6+. The van der Waals surface area contributed by atoms with Crippen LogP contribution in [0.25, 0.3) is 5.57 Å². The van der Waals surface area contributed by atoms with Crippen molar-refractivity contribution < 1.29 is 4.79 Å². The smallest absolute Gasteiger partial charge is 0.168 e. The van der Waals surface area contributed by atoms with E-state index in [0.717, 1.165) is 16.7 Å². The number of carbonyl (C=O) groups is 1. The molecule has 1 nitrogen and oxygen atoms in total. The lowest BCUT2D eigenvalue weighted by molar-refractivity contribution is 0.0858. The Hall–Kier alpha value is -1.37. The number of hydrogen-bond acceptors (Lipinski definition) is 1. The summed E-state index contributed by atoms with van der Waals surface area (Å²) >= 11 is 0. The van der Waals surface area contributed by atoms with Crippen LogP contribution in [0, 0.1) is 5.41 Å². The Bertz CT molecular complexity index is 419. The highest BCUT2D eigenvalue weighted by atomic mass is 16.1. The monoisotopic (exact) mass is 216 g/mol. The van der Waals surface area contributed by atoms with Gasteiger partial charge in [-0.25, -0.2) is 0 Å². The maximum atomic E-state index is 12.3. The number of hydrogen-bond donors (Lipinski definition) is 0. The van der Waals surface area contributed by atoms with E-state index in [1.54, 1.807) is 0 Å². The molecule has 0 heterocycles. The van der Waals surface area contributed by atoms with Crippen molar-refractivity contribution in [1.29, 1.82) is 0 Å². The summed E-state index contributed by atoms with van der Waals surface area (Å²) in [4.78, 5) is 12.3. The van der Waals surface area contributed by atoms with Crippen LogP contribution in [0.4, 0.5) is 0 Å². The number of ketones is 1. The van der Waals surface area contributed by atoms with E-state index in [2.05, 4.69) is 0 Å². The molecule has 0 aliphatic rings. The van der Waals surface area contributed by atoms with Crippen molar-refractivity contribution in [2.75, 3.05) is 0 Å². The highest BCUT2D eigenvalue weighted by Crippen LogP contribution is 2.26. The molecule has 86 valence electrons. The zero-order valence-corrected chi connectivity index (χ0v) is 10.8. The van der Waals surface area contributed by atoms with E-state index in [9.17, 15) is 4.79 Å². The summed E-state index contributed by atoms with van der Waals surface area (Å²) in [7, 11) is 0. The number of Topliss-reactive ketones (excluding diaryl/α,β-unsaturated/α-hetero) is 1. The fourth-order valence-corrected chi connectivity index (χ4v) is 1.58. The minimum atomic E-state index is -0.329. The van der Waals surface area contributed by atoms with Crippen LogP contribution in [0.15, 0.2) is 30.3 Å². The highest BCUT2D eigenvalue weighted by Gasteiger charge is 2.24. The van der Waals surface area contributed by atoms with Crippen LogP contribution in [0.1, 0.15) is 50.5 Å². The second-order valence-corrected chi connectivity index (χ2v) is 5.10. The van der Waals surface area contributed by atoms with Gasteiger partial charge < -0.3 is 0 Å². The van der Waals surface area contributed by atoms with Crippen LogP contribution < -0.4 is 0 Å². The van der Waals surface area contributed by atoms with Gasteiger partial charge in [0.05, 0.1) is 0 Å². The molecule has 0 spiro atoms. The minimum Gasteiger partial charge on any atom is -0.294 e. The Balaban J connectivity index is 3.30. The molecular formula is C15H20O. The van der Waals surface area contributed by atoms with Gasteiger partial charge in [0.15, 0.2) is 5.78 Å². The molecule has 1 heteroatoms. The second-order valence-electron chi connectivity index (χ2n) is 5.10. The predicted molar refractivity (Wildman–Crippen MR) is 69.6 cm³/mol. The van der Waals surface area contributed by atoms with Gasteiger partial charge >= 0.3 is 0 Å². The molecule has 1 rings (SSSR count). The van der Waals surface area contributed by atoms with Gasteiger partial charge in [0, 0.05) is 11.0 Å². The van der Waals surface area contributed by atoms with Gasteiger partial charge in [0.25, 0.3) is 0 Å². The van der Waals surface area contributed by atoms with Crippen molar-refractivity contribution in [1.82, 2.24) is 0 Å². The van der Waals surface area contributed by atoms with Gasteiger partial charge in [-0.15, -0.1) is 0 Å². The summed E-state index contributed by atoms with van der Waals surface area (Å²) in [5.74, 6) is 0.198. The molecule has 0 saturated carbocycles. The molecule has 0 atom stereocenters. The van der Waals surface area contributed by atoms with E-state index in [0.29, 0.717) is 0 Å². The molecule has 16 heavy (non-hydrogen) atoms. The van der Waals surface area contributed by atoms with E-state index in [1.165, 1.54) is 0 Å². The first-order valence-corrected chi connectivity index (χ1v) is 5.65. The zero-order chi connectivity index (χ0) is 12.3. The first-order valence-electron chi connectivity index (χ1n) is 5.65. The van der Waals surface area contributed by atoms with E-state index in [1.807, 2.05) is 65.0 Å². The van der Waals surface area contributed by atoms with Crippen LogP contribution in [-0.4, -0.2) is 5.78 Å². The van der Waals surface area contributed by atoms with Crippen LogP contribution in [0.5, 0.6) is 0 Å². The van der Waals surface area contributed by atoms with Crippen molar-refractivity contribution in [2.24, 2.45) is 5.41 Å². The average molecular weight is 216 g/mol. The van der Waals surface area contributed by atoms with Gasteiger partial charge in [-0.05, 0) is 25.0 Å². The van der Waals surface area contributed by atoms with Crippen LogP contribution in [-0.2, 0) is 0 Å².